The molecule has 0 amide bonds. The lowest BCUT2D eigenvalue weighted by atomic mass is 9.90. The van der Waals surface area contributed by atoms with Crippen molar-refractivity contribution in [3.05, 3.63) is 308 Å². The highest BCUT2D eigenvalue weighted by atomic mass is 15.2. The number of benzene rings is 13. The Morgan fingerprint density at radius 2 is 0.769 bits per heavy atom. The van der Waals surface area contributed by atoms with Gasteiger partial charge in [-0.3, -0.25) is 17.9 Å². The number of hydrogen-bond donors (Lipinski definition) is 0. The smallest absolute Gasteiger partial charge is 0.220 e. The van der Waals surface area contributed by atoms with Gasteiger partial charge in [-0.2, -0.15) is 5.26 Å². The van der Waals surface area contributed by atoms with E-state index >= 15 is 0 Å². The summed E-state index contributed by atoms with van der Waals surface area (Å²) in [5.74, 6) is 0.813. The van der Waals surface area contributed by atoms with E-state index in [4.69, 9.17) is 4.98 Å². The van der Waals surface area contributed by atoms with Crippen LogP contribution in [0.25, 0.3) is 166 Å². The quantitative estimate of drug-likeness (QED) is 0.152. The maximum absolute atomic E-state index is 12.8. The van der Waals surface area contributed by atoms with Crippen molar-refractivity contribution >= 4 is 99.0 Å². The molecule has 0 aliphatic rings. The average molecular weight is 1160 g/mol. The highest BCUT2D eigenvalue weighted by molar-refractivity contribution is 6.13. The molecule has 0 aliphatic heterocycles. The molecule has 0 fully saturated rings. The number of rotatable bonds is 8. The molecule has 0 unspecified atom stereocenters. The van der Waals surface area contributed by atoms with Crippen LogP contribution < -0.4 is 0 Å². The Kier molecular flexibility index (Phi) is 10.9. The molecule has 0 atom stereocenters. The molecular weight excluding hydrogens is 1110 g/mol. The number of aromatic nitrogens is 7. The predicted octanol–water partition coefficient (Wildman–Crippen LogP) is 20.8. The van der Waals surface area contributed by atoms with Crippen molar-refractivity contribution in [1.82, 2.24) is 32.1 Å². The lowest BCUT2D eigenvalue weighted by Gasteiger charge is -2.23. The molecule has 0 bridgehead atoms. The van der Waals surface area contributed by atoms with E-state index < -0.39 is 0 Å². The van der Waals surface area contributed by atoms with Gasteiger partial charge in [0.1, 0.15) is 11.7 Å². The molecular formula is C83H52N8. The molecule has 6 heterocycles. The Balaban J connectivity index is 0.967. The normalized spacial score (nSPS) is 12.0. The Labute approximate surface area is 522 Å². The summed E-state index contributed by atoms with van der Waals surface area (Å²) in [7, 11) is 0. The summed E-state index contributed by atoms with van der Waals surface area (Å²) in [4.78, 5) is 5.50. The van der Waals surface area contributed by atoms with Crippen LogP contribution in [0.3, 0.4) is 0 Å². The fraction of sp³-hybridized carbons (Fsp3) is 0.0120. The Hall–Kier alpha value is -12.4. The largest absolute Gasteiger partial charge is 0.309 e. The molecule has 8 nitrogen and oxygen atoms in total. The van der Waals surface area contributed by atoms with Crippen LogP contribution in [-0.2, 0) is 0 Å². The minimum Gasteiger partial charge on any atom is -0.309 e. The average Bonchev–Trinajstić information content (AvgIpc) is 1.61. The van der Waals surface area contributed by atoms with E-state index in [2.05, 4.69) is 337 Å². The highest BCUT2D eigenvalue weighted by Crippen LogP contribution is 2.48. The van der Waals surface area contributed by atoms with Crippen molar-refractivity contribution < 1.29 is 0 Å². The number of nitrogens with zero attached hydrogens (tertiary/aromatic N) is 8. The summed E-state index contributed by atoms with van der Waals surface area (Å²) < 4.78 is 14.2. The van der Waals surface area contributed by atoms with Crippen molar-refractivity contribution in [3.63, 3.8) is 0 Å². The first kappa shape index (κ1) is 50.7. The molecule has 0 saturated carbocycles. The van der Waals surface area contributed by atoms with Gasteiger partial charge in [0.25, 0.3) is 0 Å². The number of hydrogen-bond acceptors (Lipinski definition) is 2. The zero-order chi connectivity index (χ0) is 60.0. The molecule has 19 aromatic rings. The van der Waals surface area contributed by atoms with Crippen LogP contribution in [0.15, 0.2) is 297 Å². The molecule has 0 saturated heterocycles. The zero-order valence-corrected chi connectivity index (χ0v) is 49.4. The zero-order valence-electron chi connectivity index (χ0n) is 49.4. The molecule has 8 heteroatoms. The molecule has 0 radical (unpaired) electrons. The van der Waals surface area contributed by atoms with Crippen LogP contribution in [0.4, 0.5) is 0 Å². The highest BCUT2D eigenvalue weighted by Gasteiger charge is 2.30. The van der Waals surface area contributed by atoms with Gasteiger partial charge < -0.3 is 9.13 Å². The first-order valence-electron chi connectivity index (χ1n) is 30.9. The summed E-state index contributed by atoms with van der Waals surface area (Å²) >= 11 is 0. The van der Waals surface area contributed by atoms with E-state index in [0.29, 0.717) is 5.56 Å². The second-order valence-electron chi connectivity index (χ2n) is 23.8. The van der Waals surface area contributed by atoms with Crippen molar-refractivity contribution in [2.75, 3.05) is 0 Å². The standard InChI is InChI=1S/C83H52N8/c1-52-61-42-38-58(49-75(61)90-77-46-55(53-22-6-2-7-23-53)40-44-73(77)86(82(52)90)59-26-10-4-11-27-59)80-67(51-84)81(89-71-36-20-16-32-64(71)65-33-17-21-37-72(65)89)66(50-79(80)88-69-34-18-14-30-62(69)63-31-15-19-35-70(63)88)57-39-43-68-76(48-57)91-78-47-56(54-24-8-3-9-25-54)41-45-74(78)87(83(91)85-68)60-28-12-5-13-29-60/h2-50H,1H3. The SMILES string of the molecule is Cc1c2ccc(-c3c(-n4c5ccccc5c5ccccc54)cc(-c4ccc5nc6n(-c7ccccc7)c7ccc(-c8ccccc8)cc7n6c5c4)c(-n4c5ccccc5c5ccccc54)c3C#N)cc2n2c3cc(-c4ccccc4)ccc3n(-c3ccccc3)c12. The molecule has 424 valence electrons. The van der Waals surface area contributed by atoms with E-state index in [1.807, 2.05) is 0 Å². The van der Waals surface area contributed by atoms with Crippen molar-refractivity contribution in [2.45, 2.75) is 6.92 Å². The fourth-order valence-corrected chi connectivity index (χ4v) is 15.0. The molecule has 91 heavy (non-hydrogen) atoms. The van der Waals surface area contributed by atoms with Gasteiger partial charge in [0.2, 0.25) is 5.78 Å². The molecule has 0 spiro atoms. The monoisotopic (exact) mass is 1160 g/mol. The number of nitriles is 1. The molecule has 0 N–H and O–H groups in total. The third kappa shape index (κ3) is 7.34. The Morgan fingerprint density at radius 1 is 0.319 bits per heavy atom. The van der Waals surface area contributed by atoms with Crippen LogP contribution >= 0.6 is 0 Å². The molecule has 0 aliphatic carbocycles. The third-order valence-corrected chi connectivity index (χ3v) is 19.0. The molecule has 13 aromatic carbocycles. The van der Waals surface area contributed by atoms with E-state index in [1.165, 1.54) is 5.56 Å². The van der Waals surface area contributed by atoms with Crippen LogP contribution in [0, 0.1) is 18.3 Å². The van der Waals surface area contributed by atoms with Gasteiger partial charge in [0, 0.05) is 55.0 Å². The summed E-state index contributed by atoms with van der Waals surface area (Å²) in [6.07, 6.45) is 0. The Morgan fingerprint density at radius 3 is 1.33 bits per heavy atom. The summed E-state index contributed by atoms with van der Waals surface area (Å²) in [5.41, 5.74) is 26.0. The van der Waals surface area contributed by atoms with Gasteiger partial charge in [-0.15, -0.1) is 0 Å². The number of para-hydroxylation sites is 6. The lowest BCUT2D eigenvalue weighted by Crippen LogP contribution is -2.07. The van der Waals surface area contributed by atoms with E-state index in [9.17, 15) is 5.26 Å². The molecule has 19 rings (SSSR count). The van der Waals surface area contributed by atoms with Gasteiger partial charge in [-0.05, 0) is 137 Å². The second kappa shape index (κ2) is 19.5. The van der Waals surface area contributed by atoms with Gasteiger partial charge in [0.15, 0.2) is 0 Å². The van der Waals surface area contributed by atoms with Crippen LogP contribution in [0.5, 0.6) is 0 Å². The summed E-state index contributed by atoms with van der Waals surface area (Å²) in [5, 5.41) is 18.4. The predicted molar refractivity (Wildman–Crippen MR) is 375 cm³/mol. The fourth-order valence-electron chi connectivity index (χ4n) is 15.0. The Bertz CT molecular complexity index is 6160. The van der Waals surface area contributed by atoms with Gasteiger partial charge in [0.05, 0.1) is 77.6 Å². The first-order valence-corrected chi connectivity index (χ1v) is 30.9. The van der Waals surface area contributed by atoms with E-state index in [0.717, 1.165) is 166 Å². The van der Waals surface area contributed by atoms with Crippen LogP contribution in [0.1, 0.15) is 11.1 Å². The maximum atomic E-state index is 12.8. The van der Waals surface area contributed by atoms with Crippen molar-refractivity contribution in [1.29, 1.82) is 5.26 Å². The maximum Gasteiger partial charge on any atom is 0.220 e. The lowest BCUT2D eigenvalue weighted by molar-refractivity contribution is 1.11. The minimum absolute atomic E-state index is 0.550. The van der Waals surface area contributed by atoms with Crippen LogP contribution in [-0.4, -0.2) is 32.1 Å². The molecule has 6 aromatic heterocycles. The number of aryl methyl sites for hydroxylation is 1. The van der Waals surface area contributed by atoms with Crippen LogP contribution in [0.2, 0.25) is 0 Å². The summed E-state index contributed by atoms with van der Waals surface area (Å²) in [6, 6.07) is 110. The number of imidazole rings is 3. The summed E-state index contributed by atoms with van der Waals surface area (Å²) in [6.45, 7) is 2.25. The van der Waals surface area contributed by atoms with Crippen molar-refractivity contribution in [3.8, 4) is 73.3 Å². The van der Waals surface area contributed by atoms with E-state index in [1.54, 1.807) is 0 Å². The first-order chi connectivity index (χ1) is 45.1. The van der Waals surface area contributed by atoms with E-state index in [-0.39, 0.29) is 0 Å². The second-order valence-corrected chi connectivity index (χ2v) is 23.8. The van der Waals surface area contributed by atoms with Gasteiger partial charge in [-0.25, -0.2) is 4.98 Å². The third-order valence-electron chi connectivity index (χ3n) is 19.0. The topological polar surface area (TPSA) is 65.2 Å². The van der Waals surface area contributed by atoms with Gasteiger partial charge in [-0.1, -0.05) is 200 Å². The van der Waals surface area contributed by atoms with Gasteiger partial charge >= 0.3 is 0 Å². The number of fused-ring (bicyclic) bond motifs is 16. The minimum atomic E-state index is 0.550. The van der Waals surface area contributed by atoms with Crippen molar-refractivity contribution in [2.24, 2.45) is 0 Å².